The Kier molecular flexibility index (Phi) is 4.16. The fourth-order valence-corrected chi connectivity index (χ4v) is 27.3. The summed E-state index contributed by atoms with van der Waals surface area (Å²) in [6, 6.07) is 2.74. The molecule has 0 bridgehead atoms. The van der Waals surface area contributed by atoms with Crippen LogP contribution in [0.4, 0.5) is 0 Å². The molecule has 0 aromatic carbocycles. The SMILES string of the molecule is C[Si]1(C)CCO[SiH](CCCN)[Si]1(C)C. The summed E-state index contributed by atoms with van der Waals surface area (Å²) in [5.41, 5.74) is 5.60. The van der Waals surface area contributed by atoms with Gasteiger partial charge in [0.15, 0.2) is 8.56 Å². The molecule has 5 heteroatoms. The zero-order valence-electron chi connectivity index (χ0n) is 10.1. The molecule has 0 aromatic heterocycles. The Bertz CT molecular complexity index is 196. The van der Waals surface area contributed by atoms with Gasteiger partial charge >= 0.3 is 0 Å². The van der Waals surface area contributed by atoms with Crippen LogP contribution >= 0.6 is 0 Å². The summed E-state index contributed by atoms with van der Waals surface area (Å²) in [6.45, 7) is 12.3. The largest absolute Gasteiger partial charge is 0.424 e. The van der Waals surface area contributed by atoms with Gasteiger partial charge in [-0.15, -0.1) is 0 Å². The van der Waals surface area contributed by atoms with Gasteiger partial charge in [0, 0.05) is 14.2 Å². The molecule has 14 heavy (non-hydrogen) atoms. The lowest BCUT2D eigenvalue weighted by atomic mass is 10.5. The highest BCUT2D eigenvalue weighted by atomic mass is 29.6. The molecule has 2 N–H and O–H groups in total. The van der Waals surface area contributed by atoms with E-state index in [0.717, 1.165) is 13.2 Å². The smallest absolute Gasteiger partial charge is 0.162 e. The molecule has 1 fully saturated rings. The molecule has 0 saturated carbocycles. The maximum absolute atomic E-state index is 6.11. The van der Waals surface area contributed by atoms with Gasteiger partial charge in [-0.2, -0.15) is 0 Å². The third kappa shape index (κ3) is 2.38. The Morgan fingerprint density at radius 1 is 1.29 bits per heavy atom. The molecular weight excluding hydrogens is 222 g/mol. The van der Waals surface area contributed by atoms with Crippen LogP contribution in [0.1, 0.15) is 6.42 Å². The second-order valence-electron chi connectivity index (χ2n) is 5.65. The first-order chi connectivity index (χ1) is 6.42. The Balaban J connectivity index is 2.66. The van der Waals surface area contributed by atoms with Crippen molar-refractivity contribution >= 4 is 23.3 Å². The molecule has 0 aromatic rings. The van der Waals surface area contributed by atoms with Crippen molar-refractivity contribution in [2.45, 2.75) is 44.7 Å². The third-order valence-corrected chi connectivity index (χ3v) is 39.7. The molecule has 2 nitrogen and oxygen atoms in total. The van der Waals surface area contributed by atoms with Crippen LogP contribution in [-0.2, 0) is 4.43 Å². The molecule has 1 unspecified atom stereocenters. The second kappa shape index (κ2) is 4.61. The van der Waals surface area contributed by atoms with Gasteiger partial charge in [-0.25, -0.2) is 0 Å². The first-order valence-electron chi connectivity index (χ1n) is 5.73. The van der Waals surface area contributed by atoms with Gasteiger partial charge in [-0.3, -0.25) is 0 Å². The predicted molar refractivity (Wildman–Crippen MR) is 71.4 cm³/mol. The highest BCUT2D eigenvalue weighted by Gasteiger charge is 2.50. The monoisotopic (exact) mass is 247 g/mol. The maximum Gasteiger partial charge on any atom is 0.162 e. The summed E-state index contributed by atoms with van der Waals surface area (Å²) in [5, 5.41) is 0. The van der Waals surface area contributed by atoms with E-state index in [4.69, 9.17) is 10.2 Å². The molecule has 84 valence electrons. The van der Waals surface area contributed by atoms with E-state index >= 15 is 0 Å². The molecular formula is C9H25NOSi3. The van der Waals surface area contributed by atoms with Crippen LogP contribution in [0.5, 0.6) is 0 Å². The number of nitrogens with two attached hydrogens (primary N) is 1. The zero-order valence-corrected chi connectivity index (χ0v) is 13.3. The van der Waals surface area contributed by atoms with E-state index in [1.54, 1.807) is 0 Å². The van der Waals surface area contributed by atoms with Crippen molar-refractivity contribution < 1.29 is 4.43 Å². The topological polar surface area (TPSA) is 35.2 Å². The van der Waals surface area contributed by atoms with Crippen LogP contribution < -0.4 is 5.73 Å². The standard InChI is InChI=1S/C9H25NOSi3/c1-13(2)9-7-11-12(8-5-6-10)14(13,3)4/h12H,5-10H2,1-4H3. The minimum atomic E-state index is -0.985. The van der Waals surface area contributed by atoms with Gasteiger partial charge in [0.25, 0.3) is 0 Å². The first kappa shape index (κ1) is 12.6. The van der Waals surface area contributed by atoms with Crippen molar-refractivity contribution in [2.75, 3.05) is 13.2 Å². The fourth-order valence-electron chi connectivity index (χ4n) is 2.17. The Morgan fingerprint density at radius 2 is 1.93 bits per heavy atom. The lowest BCUT2D eigenvalue weighted by Gasteiger charge is -2.47. The van der Waals surface area contributed by atoms with Crippen molar-refractivity contribution in [3.05, 3.63) is 0 Å². The van der Waals surface area contributed by atoms with Crippen molar-refractivity contribution in [3.8, 4) is 0 Å². The van der Waals surface area contributed by atoms with E-state index in [1.165, 1.54) is 18.5 Å². The van der Waals surface area contributed by atoms with Crippen molar-refractivity contribution in [2.24, 2.45) is 5.73 Å². The molecule has 1 aliphatic heterocycles. The summed E-state index contributed by atoms with van der Waals surface area (Å²) < 4.78 is 6.11. The minimum absolute atomic E-state index is 0.847. The fraction of sp³-hybridized carbons (Fsp3) is 1.00. The number of rotatable bonds is 3. The van der Waals surface area contributed by atoms with Gasteiger partial charge in [-0.05, 0) is 25.1 Å². The van der Waals surface area contributed by atoms with Crippen LogP contribution in [0.3, 0.4) is 0 Å². The summed E-state index contributed by atoms with van der Waals surface area (Å²) >= 11 is 0. The van der Waals surface area contributed by atoms with E-state index in [-0.39, 0.29) is 0 Å². The predicted octanol–water partition coefficient (Wildman–Crippen LogP) is 1.66. The van der Waals surface area contributed by atoms with Crippen LogP contribution in [0.25, 0.3) is 0 Å². The number of hydrogen-bond donors (Lipinski definition) is 1. The molecule has 0 spiro atoms. The number of hydrogen-bond acceptors (Lipinski definition) is 2. The Morgan fingerprint density at radius 3 is 2.50 bits per heavy atom. The molecule has 0 radical (unpaired) electrons. The van der Waals surface area contributed by atoms with Crippen molar-refractivity contribution in [3.63, 3.8) is 0 Å². The molecule has 1 atom stereocenters. The highest BCUT2D eigenvalue weighted by Crippen LogP contribution is 2.32. The summed E-state index contributed by atoms with van der Waals surface area (Å²) in [7, 11) is -2.74. The van der Waals surface area contributed by atoms with E-state index in [9.17, 15) is 0 Å². The van der Waals surface area contributed by atoms with Crippen LogP contribution in [0.2, 0.25) is 38.3 Å². The summed E-state index contributed by atoms with van der Waals surface area (Å²) in [5.74, 6) is 0. The van der Waals surface area contributed by atoms with Gasteiger partial charge in [0.1, 0.15) is 0 Å². The van der Waals surface area contributed by atoms with Crippen molar-refractivity contribution in [1.29, 1.82) is 0 Å². The Labute approximate surface area is 91.5 Å². The van der Waals surface area contributed by atoms with Crippen LogP contribution in [0, 0.1) is 0 Å². The van der Waals surface area contributed by atoms with E-state index in [1.807, 2.05) is 0 Å². The summed E-state index contributed by atoms with van der Waals surface area (Å²) in [4.78, 5) is 0. The van der Waals surface area contributed by atoms with Crippen molar-refractivity contribution in [1.82, 2.24) is 0 Å². The molecule has 1 saturated heterocycles. The van der Waals surface area contributed by atoms with E-state index < -0.39 is 23.3 Å². The highest BCUT2D eigenvalue weighted by molar-refractivity contribution is 7.63. The second-order valence-corrected chi connectivity index (χ2v) is 31.2. The van der Waals surface area contributed by atoms with E-state index in [2.05, 4.69) is 26.2 Å². The normalized spacial score (nSPS) is 30.2. The third-order valence-electron chi connectivity index (χ3n) is 4.27. The summed E-state index contributed by atoms with van der Waals surface area (Å²) in [6.07, 6.45) is 1.19. The Hall–Kier alpha value is 0.571. The molecule has 0 amide bonds. The lowest BCUT2D eigenvalue weighted by molar-refractivity contribution is 0.346. The van der Waals surface area contributed by atoms with Crippen LogP contribution in [0.15, 0.2) is 0 Å². The average molecular weight is 248 g/mol. The van der Waals surface area contributed by atoms with E-state index in [0.29, 0.717) is 0 Å². The first-order valence-corrected chi connectivity index (χ1v) is 16.0. The maximum atomic E-state index is 6.11. The lowest BCUT2D eigenvalue weighted by Crippen LogP contribution is -2.69. The molecule has 1 rings (SSSR count). The minimum Gasteiger partial charge on any atom is -0.424 e. The molecule has 0 aliphatic carbocycles. The van der Waals surface area contributed by atoms with Crippen LogP contribution in [-0.4, -0.2) is 36.4 Å². The molecule has 1 aliphatic rings. The van der Waals surface area contributed by atoms with Gasteiger partial charge < -0.3 is 10.2 Å². The van der Waals surface area contributed by atoms with Gasteiger partial charge in [0.05, 0.1) is 7.11 Å². The molecule has 1 heterocycles. The van der Waals surface area contributed by atoms with Gasteiger partial charge in [0.2, 0.25) is 0 Å². The quantitative estimate of drug-likeness (QED) is 0.770. The average Bonchev–Trinajstić information content (AvgIpc) is 2.08. The van der Waals surface area contributed by atoms with Gasteiger partial charge in [-0.1, -0.05) is 26.2 Å². The zero-order chi connectivity index (χ0) is 10.8.